The van der Waals surface area contributed by atoms with E-state index in [0.29, 0.717) is 6.04 Å². The number of aliphatic hydroxyl groups excluding tert-OH is 1. The third kappa shape index (κ3) is 2.97. The van der Waals surface area contributed by atoms with Gasteiger partial charge in [-0.2, -0.15) is 0 Å². The molecule has 0 radical (unpaired) electrons. The fourth-order valence-corrected chi connectivity index (χ4v) is 1.83. The summed E-state index contributed by atoms with van der Waals surface area (Å²) in [4.78, 5) is 13.1. The van der Waals surface area contributed by atoms with Gasteiger partial charge in [0, 0.05) is 12.1 Å². The number of nitrogens with zero attached hydrogens (tertiary/aromatic N) is 1. The van der Waals surface area contributed by atoms with Crippen LogP contribution >= 0.6 is 0 Å². The summed E-state index contributed by atoms with van der Waals surface area (Å²) in [5.41, 5.74) is 0. The fourth-order valence-electron chi connectivity index (χ4n) is 1.83. The second-order valence-corrected chi connectivity index (χ2v) is 3.85. The first-order valence-electron chi connectivity index (χ1n) is 4.70. The number of hydrogen-bond donors (Lipinski definition) is 2. The molecule has 0 bridgehead atoms. The third-order valence-electron chi connectivity index (χ3n) is 2.64. The molecular formula is C9H18N2O2. The van der Waals surface area contributed by atoms with Crippen molar-refractivity contribution in [2.75, 3.05) is 20.7 Å². The van der Waals surface area contributed by atoms with Crippen LogP contribution in [0.5, 0.6) is 0 Å². The van der Waals surface area contributed by atoms with Crippen molar-refractivity contribution in [1.82, 2.24) is 10.2 Å². The summed E-state index contributed by atoms with van der Waals surface area (Å²) >= 11 is 0. The lowest BCUT2D eigenvalue weighted by Crippen LogP contribution is -2.36. The molecule has 2 N–H and O–H groups in total. The van der Waals surface area contributed by atoms with Crippen LogP contribution in [0.25, 0.3) is 0 Å². The molecule has 0 aliphatic heterocycles. The van der Waals surface area contributed by atoms with Crippen LogP contribution in [0, 0.1) is 0 Å². The van der Waals surface area contributed by atoms with Crippen LogP contribution < -0.4 is 5.32 Å². The van der Waals surface area contributed by atoms with Gasteiger partial charge in [-0.15, -0.1) is 0 Å². The highest BCUT2D eigenvalue weighted by molar-refractivity contribution is 5.77. The molecule has 4 heteroatoms. The number of rotatable bonds is 3. The Morgan fingerprint density at radius 2 is 2.23 bits per heavy atom. The van der Waals surface area contributed by atoms with Crippen LogP contribution in [0.3, 0.4) is 0 Å². The van der Waals surface area contributed by atoms with Gasteiger partial charge in [0.1, 0.15) is 6.61 Å². The van der Waals surface area contributed by atoms with Crippen molar-refractivity contribution in [3.05, 3.63) is 0 Å². The Hall–Kier alpha value is -0.610. The Bertz CT molecular complexity index is 182. The first-order valence-corrected chi connectivity index (χ1v) is 4.70. The molecule has 4 nitrogen and oxygen atoms in total. The zero-order valence-electron chi connectivity index (χ0n) is 8.29. The largest absolute Gasteiger partial charge is 0.387 e. The first kappa shape index (κ1) is 10.5. The number of nitrogens with one attached hydrogen (secondary N) is 1. The molecule has 2 unspecified atom stereocenters. The van der Waals surface area contributed by atoms with Gasteiger partial charge in [0.2, 0.25) is 5.91 Å². The number of hydrogen-bond acceptors (Lipinski definition) is 3. The molecule has 2 atom stereocenters. The Morgan fingerprint density at radius 1 is 1.54 bits per heavy atom. The van der Waals surface area contributed by atoms with Crippen molar-refractivity contribution in [1.29, 1.82) is 0 Å². The predicted molar refractivity (Wildman–Crippen MR) is 50.3 cm³/mol. The molecule has 0 spiro atoms. The van der Waals surface area contributed by atoms with Crippen molar-refractivity contribution < 1.29 is 9.90 Å². The Labute approximate surface area is 78.9 Å². The molecule has 76 valence electrons. The minimum atomic E-state index is -0.400. The monoisotopic (exact) mass is 186 g/mol. The smallest absolute Gasteiger partial charge is 0.245 e. The second-order valence-electron chi connectivity index (χ2n) is 3.85. The van der Waals surface area contributed by atoms with E-state index in [1.807, 2.05) is 0 Å². The summed E-state index contributed by atoms with van der Waals surface area (Å²) in [6.45, 7) is -0.400. The van der Waals surface area contributed by atoms with E-state index in [-0.39, 0.29) is 11.9 Å². The molecule has 1 fully saturated rings. The summed E-state index contributed by atoms with van der Waals surface area (Å²) in [5.74, 6) is -0.260. The van der Waals surface area contributed by atoms with Crippen molar-refractivity contribution in [3.63, 3.8) is 0 Å². The van der Waals surface area contributed by atoms with Gasteiger partial charge in [-0.3, -0.25) is 4.79 Å². The van der Waals surface area contributed by atoms with Crippen LogP contribution in [-0.4, -0.2) is 48.7 Å². The Kier molecular flexibility index (Phi) is 3.69. The first-order chi connectivity index (χ1) is 6.13. The van der Waals surface area contributed by atoms with Gasteiger partial charge >= 0.3 is 0 Å². The topological polar surface area (TPSA) is 52.6 Å². The molecule has 0 saturated heterocycles. The van der Waals surface area contributed by atoms with Crippen molar-refractivity contribution in [3.8, 4) is 0 Å². The van der Waals surface area contributed by atoms with E-state index in [1.165, 1.54) is 0 Å². The van der Waals surface area contributed by atoms with E-state index < -0.39 is 6.61 Å². The van der Waals surface area contributed by atoms with Crippen LogP contribution in [0.1, 0.15) is 19.3 Å². The van der Waals surface area contributed by atoms with Crippen LogP contribution in [0.4, 0.5) is 0 Å². The van der Waals surface area contributed by atoms with Gasteiger partial charge in [-0.25, -0.2) is 0 Å². The summed E-state index contributed by atoms with van der Waals surface area (Å²) < 4.78 is 0. The summed E-state index contributed by atoms with van der Waals surface area (Å²) in [6, 6.07) is 0.830. The molecular weight excluding hydrogens is 168 g/mol. The predicted octanol–water partition coefficient (Wildman–Crippen LogP) is -0.422. The van der Waals surface area contributed by atoms with Gasteiger partial charge in [0.15, 0.2) is 0 Å². The summed E-state index contributed by atoms with van der Waals surface area (Å²) in [5, 5.41) is 11.3. The maximum absolute atomic E-state index is 10.9. The number of aliphatic hydroxyl groups is 1. The highest BCUT2D eigenvalue weighted by Crippen LogP contribution is 2.22. The van der Waals surface area contributed by atoms with Gasteiger partial charge < -0.3 is 15.3 Å². The molecule has 0 aromatic heterocycles. The lowest BCUT2D eigenvalue weighted by Gasteiger charge is -2.19. The lowest BCUT2D eigenvalue weighted by atomic mass is 10.2. The van der Waals surface area contributed by atoms with Crippen molar-refractivity contribution in [2.45, 2.75) is 31.3 Å². The molecule has 0 heterocycles. The third-order valence-corrected chi connectivity index (χ3v) is 2.64. The molecule has 1 amide bonds. The normalized spacial score (nSPS) is 28.0. The van der Waals surface area contributed by atoms with E-state index in [2.05, 4.69) is 24.3 Å². The quantitative estimate of drug-likeness (QED) is 0.629. The SMILES string of the molecule is CN(C)C1CCC(NC(=O)CO)C1. The molecule has 1 aliphatic rings. The van der Waals surface area contributed by atoms with Gasteiger partial charge in [0.05, 0.1) is 0 Å². The molecule has 1 aliphatic carbocycles. The van der Waals surface area contributed by atoms with Gasteiger partial charge in [-0.1, -0.05) is 0 Å². The molecule has 1 saturated carbocycles. The van der Waals surface area contributed by atoms with E-state index in [0.717, 1.165) is 19.3 Å². The molecule has 13 heavy (non-hydrogen) atoms. The molecule has 0 aromatic rings. The maximum Gasteiger partial charge on any atom is 0.245 e. The van der Waals surface area contributed by atoms with Crippen molar-refractivity contribution in [2.24, 2.45) is 0 Å². The lowest BCUT2D eigenvalue weighted by molar-refractivity contribution is -0.124. The van der Waals surface area contributed by atoms with Crippen molar-refractivity contribution >= 4 is 5.91 Å². The van der Waals surface area contributed by atoms with Gasteiger partial charge in [0.25, 0.3) is 0 Å². The number of amides is 1. The molecule has 0 aromatic carbocycles. The van der Waals surface area contributed by atoms with E-state index >= 15 is 0 Å². The fraction of sp³-hybridized carbons (Fsp3) is 0.889. The van der Waals surface area contributed by atoms with E-state index in [1.54, 1.807) is 0 Å². The average Bonchev–Trinajstić information content (AvgIpc) is 2.52. The highest BCUT2D eigenvalue weighted by atomic mass is 16.3. The summed E-state index contributed by atoms with van der Waals surface area (Å²) in [6.07, 6.45) is 3.15. The average molecular weight is 186 g/mol. The van der Waals surface area contributed by atoms with Crippen LogP contribution in [-0.2, 0) is 4.79 Å². The van der Waals surface area contributed by atoms with E-state index in [4.69, 9.17) is 5.11 Å². The number of carbonyl (C=O) groups is 1. The minimum Gasteiger partial charge on any atom is -0.387 e. The highest BCUT2D eigenvalue weighted by Gasteiger charge is 2.26. The number of carbonyl (C=O) groups excluding carboxylic acids is 1. The van der Waals surface area contributed by atoms with Crippen LogP contribution in [0.2, 0.25) is 0 Å². The van der Waals surface area contributed by atoms with Crippen LogP contribution in [0.15, 0.2) is 0 Å². The van der Waals surface area contributed by atoms with E-state index in [9.17, 15) is 4.79 Å². The Balaban J connectivity index is 2.29. The zero-order valence-corrected chi connectivity index (χ0v) is 8.29. The molecule has 1 rings (SSSR count). The maximum atomic E-state index is 10.9. The second kappa shape index (κ2) is 4.58. The summed E-state index contributed by atoms with van der Waals surface area (Å²) in [7, 11) is 4.11. The Morgan fingerprint density at radius 3 is 2.69 bits per heavy atom. The minimum absolute atomic E-state index is 0.257. The van der Waals surface area contributed by atoms with Gasteiger partial charge in [-0.05, 0) is 33.4 Å². The standard InChI is InChI=1S/C9H18N2O2/c1-11(2)8-4-3-7(5-8)10-9(13)6-12/h7-8,12H,3-6H2,1-2H3,(H,10,13). The zero-order chi connectivity index (χ0) is 9.84.